The van der Waals surface area contributed by atoms with E-state index in [4.69, 9.17) is 9.47 Å². The normalized spacial score (nSPS) is 24.4. The lowest BCUT2D eigenvalue weighted by molar-refractivity contribution is -0.126. The van der Waals surface area contributed by atoms with Crippen LogP contribution in [0.2, 0.25) is 0 Å². The van der Waals surface area contributed by atoms with Crippen LogP contribution < -0.4 is 10.1 Å². The van der Waals surface area contributed by atoms with Gasteiger partial charge >= 0.3 is 0 Å². The van der Waals surface area contributed by atoms with Gasteiger partial charge in [-0.25, -0.2) is 0 Å². The van der Waals surface area contributed by atoms with Gasteiger partial charge in [-0.3, -0.25) is 9.69 Å². The number of hydrogen-bond donors (Lipinski definition) is 1. The van der Waals surface area contributed by atoms with E-state index in [1.807, 2.05) is 45.0 Å². The molecule has 3 atom stereocenters. The van der Waals surface area contributed by atoms with Crippen molar-refractivity contribution < 1.29 is 14.3 Å². The summed E-state index contributed by atoms with van der Waals surface area (Å²) in [4.78, 5) is 14.6. The van der Waals surface area contributed by atoms with Gasteiger partial charge in [0.05, 0.1) is 31.0 Å². The second-order valence-electron chi connectivity index (χ2n) is 5.58. The van der Waals surface area contributed by atoms with Gasteiger partial charge in [0.15, 0.2) is 0 Å². The van der Waals surface area contributed by atoms with Crippen LogP contribution in [0.3, 0.4) is 0 Å². The molecular weight excluding hydrogens is 268 g/mol. The molecule has 21 heavy (non-hydrogen) atoms. The van der Waals surface area contributed by atoms with E-state index >= 15 is 0 Å². The molecule has 0 aliphatic carbocycles. The van der Waals surface area contributed by atoms with Crippen molar-refractivity contribution in [2.24, 2.45) is 0 Å². The van der Waals surface area contributed by atoms with Crippen molar-refractivity contribution in [3.8, 4) is 5.75 Å². The zero-order chi connectivity index (χ0) is 15.4. The summed E-state index contributed by atoms with van der Waals surface area (Å²) in [7, 11) is 1.60. The fourth-order valence-corrected chi connectivity index (χ4v) is 2.68. The minimum atomic E-state index is -0.205. The standard InChI is InChI=1S/C16H24N2O3/c1-11-9-18(10-12(2)21-11)13(3)16(19)17-14-7-5-6-8-15(14)20-4/h5-8,11-13H,9-10H2,1-4H3,(H,17,19)/t11-,12+,13-/m1/s1. The van der Waals surface area contributed by atoms with Crippen LogP contribution in [0.25, 0.3) is 0 Å². The van der Waals surface area contributed by atoms with E-state index in [1.165, 1.54) is 0 Å². The lowest BCUT2D eigenvalue weighted by Crippen LogP contribution is -2.52. The van der Waals surface area contributed by atoms with Crippen LogP contribution in [0.1, 0.15) is 20.8 Å². The number of benzene rings is 1. The zero-order valence-corrected chi connectivity index (χ0v) is 13.1. The molecule has 1 aromatic rings. The van der Waals surface area contributed by atoms with Gasteiger partial charge in [-0.1, -0.05) is 12.1 Å². The molecule has 0 saturated carbocycles. The first-order valence-corrected chi connectivity index (χ1v) is 7.34. The number of hydrogen-bond acceptors (Lipinski definition) is 4. The number of amides is 1. The van der Waals surface area contributed by atoms with Crippen LogP contribution in [-0.2, 0) is 9.53 Å². The highest BCUT2D eigenvalue weighted by molar-refractivity contribution is 5.95. The van der Waals surface area contributed by atoms with Crippen molar-refractivity contribution in [3.05, 3.63) is 24.3 Å². The number of carbonyl (C=O) groups excluding carboxylic acids is 1. The van der Waals surface area contributed by atoms with Gasteiger partial charge < -0.3 is 14.8 Å². The largest absolute Gasteiger partial charge is 0.495 e. The summed E-state index contributed by atoms with van der Waals surface area (Å²) in [6.07, 6.45) is 0.297. The van der Waals surface area contributed by atoms with E-state index in [1.54, 1.807) is 7.11 Å². The smallest absolute Gasteiger partial charge is 0.241 e. The molecule has 1 saturated heterocycles. The Labute approximate surface area is 126 Å². The summed E-state index contributed by atoms with van der Waals surface area (Å²) >= 11 is 0. The molecular formula is C16H24N2O3. The number of anilines is 1. The minimum absolute atomic E-state index is 0.0270. The highest BCUT2D eigenvalue weighted by Gasteiger charge is 2.29. The maximum atomic E-state index is 12.4. The van der Waals surface area contributed by atoms with Crippen LogP contribution in [0.15, 0.2) is 24.3 Å². The number of para-hydroxylation sites is 2. The Bertz CT molecular complexity index is 482. The van der Waals surface area contributed by atoms with Gasteiger partial charge in [-0.2, -0.15) is 0 Å². The van der Waals surface area contributed by atoms with Gasteiger partial charge in [0.25, 0.3) is 0 Å². The summed E-state index contributed by atoms with van der Waals surface area (Å²) < 4.78 is 11.0. The molecule has 0 bridgehead atoms. The molecule has 0 radical (unpaired) electrons. The minimum Gasteiger partial charge on any atom is -0.495 e. The predicted octanol–water partition coefficient (Wildman–Crippen LogP) is 2.13. The van der Waals surface area contributed by atoms with E-state index in [9.17, 15) is 4.79 Å². The van der Waals surface area contributed by atoms with Crippen LogP contribution in [0.4, 0.5) is 5.69 Å². The third-order valence-corrected chi connectivity index (χ3v) is 3.74. The Morgan fingerprint density at radius 3 is 2.57 bits per heavy atom. The van der Waals surface area contributed by atoms with Crippen LogP contribution >= 0.6 is 0 Å². The SMILES string of the molecule is COc1ccccc1NC(=O)[C@@H](C)N1C[C@@H](C)O[C@@H](C)C1. The number of morpholine rings is 1. The van der Waals surface area contributed by atoms with E-state index in [0.29, 0.717) is 11.4 Å². The first-order chi connectivity index (χ1) is 10.0. The molecule has 1 aliphatic rings. The number of nitrogens with one attached hydrogen (secondary N) is 1. The van der Waals surface area contributed by atoms with E-state index in [2.05, 4.69) is 10.2 Å². The molecule has 1 aromatic carbocycles. The van der Waals surface area contributed by atoms with Crippen molar-refractivity contribution in [1.82, 2.24) is 4.90 Å². The average molecular weight is 292 g/mol. The maximum Gasteiger partial charge on any atom is 0.241 e. The van der Waals surface area contributed by atoms with E-state index in [0.717, 1.165) is 13.1 Å². The molecule has 2 rings (SSSR count). The number of nitrogens with zero attached hydrogens (tertiary/aromatic N) is 1. The zero-order valence-electron chi connectivity index (χ0n) is 13.1. The van der Waals surface area contributed by atoms with E-state index in [-0.39, 0.29) is 24.2 Å². The topological polar surface area (TPSA) is 50.8 Å². The second-order valence-corrected chi connectivity index (χ2v) is 5.58. The van der Waals surface area contributed by atoms with Gasteiger partial charge in [-0.15, -0.1) is 0 Å². The average Bonchev–Trinajstić information content (AvgIpc) is 2.46. The number of methoxy groups -OCH3 is 1. The van der Waals surface area contributed by atoms with Crippen LogP contribution in [-0.4, -0.2) is 49.3 Å². The molecule has 1 aliphatic heterocycles. The Morgan fingerprint density at radius 1 is 1.33 bits per heavy atom. The summed E-state index contributed by atoms with van der Waals surface area (Å²) in [6.45, 7) is 7.53. The Hall–Kier alpha value is -1.59. The lowest BCUT2D eigenvalue weighted by atomic mass is 10.1. The number of rotatable bonds is 4. The van der Waals surface area contributed by atoms with E-state index < -0.39 is 0 Å². The molecule has 1 heterocycles. The third kappa shape index (κ3) is 3.95. The molecule has 0 aromatic heterocycles. The van der Waals surface area contributed by atoms with Crippen molar-refractivity contribution >= 4 is 11.6 Å². The lowest BCUT2D eigenvalue weighted by Gasteiger charge is -2.38. The summed E-state index contributed by atoms with van der Waals surface area (Å²) in [5.74, 6) is 0.641. The maximum absolute atomic E-state index is 12.4. The molecule has 1 fully saturated rings. The van der Waals surface area contributed by atoms with Gasteiger partial charge in [0.1, 0.15) is 5.75 Å². The molecule has 5 nitrogen and oxygen atoms in total. The fraction of sp³-hybridized carbons (Fsp3) is 0.562. The highest BCUT2D eigenvalue weighted by atomic mass is 16.5. The molecule has 0 spiro atoms. The quantitative estimate of drug-likeness (QED) is 0.923. The Balaban J connectivity index is 2.02. The fourth-order valence-electron chi connectivity index (χ4n) is 2.68. The molecule has 1 N–H and O–H groups in total. The molecule has 5 heteroatoms. The monoisotopic (exact) mass is 292 g/mol. The highest BCUT2D eigenvalue weighted by Crippen LogP contribution is 2.23. The third-order valence-electron chi connectivity index (χ3n) is 3.74. The summed E-state index contributed by atoms with van der Waals surface area (Å²) in [6, 6.07) is 7.22. The predicted molar refractivity (Wildman–Crippen MR) is 82.7 cm³/mol. The number of ether oxygens (including phenoxy) is 2. The molecule has 0 unspecified atom stereocenters. The van der Waals surface area contributed by atoms with Crippen molar-refractivity contribution in [2.75, 3.05) is 25.5 Å². The van der Waals surface area contributed by atoms with Crippen LogP contribution in [0.5, 0.6) is 5.75 Å². The van der Waals surface area contributed by atoms with Gasteiger partial charge in [-0.05, 0) is 32.9 Å². The Kier molecular flexibility index (Phi) is 5.20. The molecule has 116 valence electrons. The first kappa shape index (κ1) is 15.8. The van der Waals surface area contributed by atoms with Gasteiger partial charge in [0.2, 0.25) is 5.91 Å². The van der Waals surface area contributed by atoms with Crippen molar-refractivity contribution in [3.63, 3.8) is 0 Å². The number of carbonyl (C=O) groups is 1. The first-order valence-electron chi connectivity index (χ1n) is 7.34. The van der Waals surface area contributed by atoms with Crippen molar-refractivity contribution in [1.29, 1.82) is 0 Å². The molecule has 1 amide bonds. The summed E-state index contributed by atoms with van der Waals surface area (Å²) in [5.41, 5.74) is 0.700. The summed E-state index contributed by atoms with van der Waals surface area (Å²) in [5, 5.41) is 2.94. The Morgan fingerprint density at radius 2 is 1.95 bits per heavy atom. The second kappa shape index (κ2) is 6.91. The van der Waals surface area contributed by atoms with Gasteiger partial charge in [0, 0.05) is 13.1 Å². The van der Waals surface area contributed by atoms with Crippen LogP contribution in [0, 0.1) is 0 Å². The van der Waals surface area contributed by atoms with Crippen molar-refractivity contribution in [2.45, 2.75) is 39.0 Å².